The molecule has 5 heteroatoms. The van der Waals surface area contributed by atoms with Gasteiger partial charge in [-0.1, -0.05) is 36.4 Å². The number of aryl methyl sites for hydroxylation is 1. The first kappa shape index (κ1) is 20.9. The van der Waals surface area contributed by atoms with Crippen LogP contribution in [0.15, 0.2) is 71.6 Å². The van der Waals surface area contributed by atoms with Crippen molar-refractivity contribution in [2.45, 2.75) is 39.5 Å². The second kappa shape index (κ2) is 8.80. The number of hydrogen-bond donors (Lipinski definition) is 2. The first-order valence-corrected chi connectivity index (χ1v) is 10.8. The van der Waals surface area contributed by atoms with Gasteiger partial charge in [0.05, 0.1) is 12.5 Å². The highest BCUT2D eigenvalue weighted by Crippen LogP contribution is 2.44. The minimum Gasteiger partial charge on any atom is -0.494 e. The Morgan fingerprint density at radius 2 is 1.94 bits per heavy atom. The average molecular weight is 417 g/mol. The average Bonchev–Trinajstić information content (AvgIpc) is 2.75. The predicted molar refractivity (Wildman–Crippen MR) is 122 cm³/mol. The van der Waals surface area contributed by atoms with Crippen LogP contribution in [0, 0.1) is 12.8 Å². The molecule has 2 aliphatic rings. The molecule has 2 atom stereocenters. The number of Topliss-reactive ketones (excluding diaryl/α,β-unsaturated/α-hetero) is 1. The van der Waals surface area contributed by atoms with E-state index in [2.05, 4.69) is 16.7 Å². The van der Waals surface area contributed by atoms with Crippen LogP contribution in [0.4, 0.5) is 5.69 Å². The van der Waals surface area contributed by atoms with Gasteiger partial charge in [-0.3, -0.25) is 9.59 Å². The van der Waals surface area contributed by atoms with E-state index >= 15 is 0 Å². The first-order chi connectivity index (χ1) is 15.0. The lowest BCUT2D eigenvalue weighted by molar-refractivity contribution is -0.122. The van der Waals surface area contributed by atoms with E-state index in [4.69, 9.17) is 4.74 Å². The SMILES string of the molecule is CCOc1cccc(C2C(C(=O)Nc3ccccc3C)=C(C)NC3=CCCC(=O)C32)c1. The van der Waals surface area contributed by atoms with Crippen LogP contribution < -0.4 is 15.4 Å². The molecule has 0 bridgehead atoms. The number of benzene rings is 2. The summed E-state index contributed by atoms with van der Waals surface area (Å²) in [6, 6.07) is 15.4. The van der Waals surface area contributed by atoms with Gasteiger partial charge in [-0.2, -0.15) is 0 Å². The summed E-state index contributed by atoms with van der Waals surface area (Å²) in [6.07, 6.45) is 3.30. The molecule has 0 saturated heterocycles. The first-order valence-electron chi connectivity index (χ1n) is 10.8. The van der Waals surface area contributed by atoms with Gasteiger partial charge in [0, 0.05) is 35.0 Å². The van der Waals surface area contributed by atoms with Gasteiger partial charge in [-0.05, 0) is 56.5 Å². The van der Waals surface area contributed by atoms with E-state index in [0.29, 0.717) is 18.6 Å². The maximum absolute atomic E-state index is 13.5. The minimum absolute atomic E-state index is 0.158. The maximum atomic E-state index is 13.5. The number of anilines is 1. The molecule has 0 aromatic heterocycles. The Morgan fingerprint density at radius 3 is 2.71 bits per heavy atom. The summed E-state index contributed by atoms with van der Waals surface area (Å²) in [6.45, 7) is 6.36. The van der Waals surface area contributed by atoms with Crippen molar-refractivity contribution in [2.75, 3.05) is 11.9 Å². The number of nitrogens with one attached hydrogen (secondary N) is 2. The Balaban J connectivity index is 1.80. The van der Waals surface area contributed by atoms with E-state index in [-0.39, 0.29) is 17.6 Å². The van der Waals surface area contributed by atoms with Crippen molar-refractivity contribution in [1.29, 1.82) is 0 Å². The summed E-state index contributed by atoms with van der Waals surface area (Å²) < 4.78 is 5.70. The monoisotopic (exact) mass is 416 g/mol. The van der Waals surface area contributed by atoms with Crippen molar-refractivity contribution < 1.29 is 14.3 Å². The number of ether oxygens (including phenoxy) is 1. The molecule has 160 valence electrons. The van der Waals surface area contributed by atoms with Crippen LogP contribution in [-0.2, 0) is 9.59 Å². The highest BCUT2D eigenvalue weighted by atomic mass is 16.5. The van der Waals surface area contributed by atoms with Gasteiger partial charge in [-0.15, -0.1) is 0 Å². The molecule has 2 aromatic rings. The fourth-order valence-electron chi connectivity index (χ4n) is 4.54. The van der Waals surface area contributed by atoms with Crippen molar-refractivity contribution in [3.63, 3.8) is 0 Å². The number of para-hydroxylation sites is 1. The van der Waals surface area contributed by atoms with Crippen molar-refractivity contribution in [2.24, 2.45) is 5.92 Å². The van der Waals surface area contributed by atoms with Gasteiger partial charge in [0.1, 0.15) is 11.5 Å². The van der Waals surface area contributed by atoms with E-state index in [1.165, 1.54) is 0 Å². The summed E-state index contributed by atoms with van der Waals surface area (Å²) >= 11 is 0. The Bertz CT molecular complexity index is 1080. The van der Waals surface area contributed by atoms with Crippen molar-refractivity contribution >= 4 is 17.4 Å². The lowest BCUT2D eigenvalue weighted by Crippen LogP contribution is -2.41. The second-order valence-corrected chi connectivity index (χ2v) is 8.06. The summed E-state index contributed by atoms with van der Waals surface area (Å²) in [5.74, 6) is -0.0608. The van der Waals surface area contributed by atoms with Gasteiger partial charge in [0.2, 0.25) is 0 Å². The Kier molecular flexibility index (Phi) is 5.94. The fourth-order valence-corrected chi connectivity index (χ4v) is 4.54. The van der Waals surface area contributed by atoms with Gasteiger partial charge >= 0.3 is 0 Å². The topological polar surface area (TPSA) is 67.4 Å². The lowest BCUT2D eigenvalue weighted by atomic mass is 9.70. The molecule has 2 N–H and O–H groups in total. The fraction of sp³-hybridized carbons (Fsp3) is 0.308. The van der Waals surface area contributed by atoms with Crippen LogP contribution >= 0.6 is 0 Å². The number of hydrogen-bond acceptors (Lipinski definition) is 4. The molecule has 4 rings (SSSR count). The van der Waals surface area contributed by atoms with E-state index in [0.717, 1.165) is 40.4 Å². The van der Waals surface area contributed by atoms with Gasteiger partial charge in [0.25, 0.3) is 5.91 Å². The van der Waals surface area contributed by atoms with E-state index < -0.39 is 5.92 Å². The number of rotatable bonds is 5. The highest BCUT2D eigenvalue weighted by Gasteiger charge is 2.42. The molecule has 0 spiro atoms. The van der Waals surface area contributed by atoms with Crippen molar-refractivity contribution in [3.8, 4) is 5.75 Å². The number of ketones is 1. The molecule has 2 aromatic carbocycles. The van der Waals surface area contributed by atoms with Crippen LogP contribution in [-0.4, -0.2) is 18.3 Å². The second-order valence-electron chi connectivity index (χ2n) is 8.06. The zero-order valence-corrected chi connectivity index (χ0v) is 18.2. The molecular weight excluding hydrogens is 388 g/mol. The third-order valence-electron chi connectivity index (χ3n) is 5.98. The molecule has 0 fully saturated rings. The normalized spacial score (nSPS) is 20.5. The molecule has 0 saturated carbocycles. The molecule has 0 radical (unpaired) electrons. The van der Waals surface area contributed by atoms with Crippen molar-refractivity contribution in [1.82, 2.24) is 5.32 Å². The van der Waals surface area contributed by atoms with Crippen LogP contribution in [0.3, 0.4) is 0 Å². The van der Waals surface area contributed by atoms with Gasteiger partial charge in [-0.25, -0.2) is 0 Å². The summed E-state index contributed by atoms with van der Waals surface area (Å²) in [5.41, 5.74) is 4.93. The number of carbonyl (C=O) groups excluding carboxylic acids is 2. The molecule has 1 aliphatic carbocycles. The highest BCUT2D eigenvalue weighted by molar-refractivity contribution is 6.07. The van der Waals surface area contributed by atoms with Crippen LogP contribution in [0.2, 0.25) is 0 Å². The molecule has 1 heterocycles. The Hall–Kier alpha value is -3.34. The molecular formula is C26H28N2O3. The Labute approximate surface area is 183 Å². The number of fused-ring (bicyclic) bond motifs is 1. The van der Waals surface area contributed by atoms with Crippen molar-refractivity contribution in [3.05, 3.63) is 82.7 Å². The van der Waals surface area contributed by atoms with Crippen LogP contribution in [0.1, 0.15) is 43.7 Å². The zero-order chi connectivity index (χ0) is 22.0. The Morgan fingerprint density at radius 1 is 1.13 bits per heavy atom. The summed E-state index contributed by atoms with van der Waals surface area (Å²) in [4.78, 5) is 26.6. The smallest absolute Gasteiger partial charge is 0.254 e. The molecule has 2 unspecified atom stereocenters. The third kappa shape index (κ3) is 4.13. The molecule has 31 heavy (non-hydrogen) atoms. The quantitative estimate of drug-likeness (QED) is 0.731. The minimum atomic E-state index is -0.396. The van der Waals surface area contributed by atoms with E-state index in [1.54, 1.807) is 0 Å². The van der Waals surface area contributed by atoms with Crippen LogP contribution in [0.5, 0.6) is 5.75 Å². The summed E-state index contributed by atoms with van der Waals surface area (Å²) in [5, 5.41) is 6.41. The number of carbonyl (C=O) groups is 2. The van der Waals surface area contributed by atoms with Gasteiger partial charge < -0.3 is 15.4 Å². The van der Waals surface area contributed by atoms with E-state index in [1.807, 2.05) is 69.3 Å². The summed E-state index contributed by atoms with van der Waals surface area (Å²) in [7, 11) is 0. The zero-order valence-electron chi connectivity index (χ0n) is 18.2. The van der Waals surface area contributed by atoms with Gasteiger partial charge in [0.15, 0.2) is 0 Å². The standard InChI is InChI=1S/C26H28N2O3/c1-4-31-19-11-7-10-18(15-19)24-23(26(30)28-20-12-6-5-9-16(20)2)17(3)27-21-13-8-14-22(29)25(21)24/h5-7,9-13,15,24-25,27H,4,8,14H2,1-3H3,(H,28,30). The lowest BCUT2D eigenvalue weighted by Gasteiger charge is -2.38. The molecule has 5 nitrogen and oxygen atoms in total. The number of amides is 1. The van der Waals surface area contributed by atoms with Crippen LogP contribution in [0.25, 0.3) is 0 Å². The largest absolute Gasteiger partial charge is 0.494 e. The van der Waals surface area contributed by atoms with E-state index in [9.17, 15) is 9.59 Å². The predicted octanol–water partition coefficient (Wildman–Crippen LogP) is 4.86. The number of allylic oxidation sites excluding steroid dienone is 3. The maximum Gasteiger partial charge on any atom is 0.254 e. The molecule has 1 amide bonds. The molecule has 1 aliphatic heterocycles. The third-order valence-corrected chi connectivity index (χ3v) is 5.98.